The second-order valence-electron chi connectivity index (χ2n) is 2.75. The molecule has 13 heavy (non-hydrogen) atoms. The van der Waals surface area contributed by atoms with E-state index in [2.05, 4.69) is 15.9 Å². The molecule has 2 heterocycles. The highest BCUT2D eigenvalue weighted by molar-refractivity contribution is 9.11. The molecule has 5 heteroatoms. The van der Waals surface area contributed by atoms with E-state index >= 15 is 0 Å². The predicted molar refractivity (Wildman–Crippen MR) is 52.7 cm³/mol. The van der Waals surface area contributed by atoms with Gasteiger partial charge in [0.15, 0.2) is 6.29 Å². The minimum absolute atomic E-state index is 0.0169. The molecular formula is C8H9BrO3S. The Morgan fingerprint density at radius 3 is 3.00 bits per heavy atom. The van der Waals surface area contributed by atoms with Gasteiger partial charge in [-0.25, -0.2) is 0 Å². The summed E-state index contributed by atoms with van der Waals surface area (Å²) in [6.45, 7) is 0.486. The van der Waals surface area contributed by atoms with Gasteiger partial charge in [-0.15, -0.1) is 11.3 Å². The van der Waals surface area contributed by atoms with Crippen molar-refractivity contribution in [1.82, 2.24) is 0 Å². The molecule has 1 aliphatic rings. The zero-order valence-corrected chi connectivity index (χ0v) is 9.18. The Morgan fingerprint density at radius 1 is 1.62 bits per heavy atom. The summed E-state index contributed by atoms with van der Waals surface area (Å²) >= 11 is 4.95. The molecule has 72 valence electrons. The number of hydrogen-bond acceptors (Lipinski definition) is 4. The van der Waals surface area contributed by atoms with Crippen LogP contribution in [0.5, 0.6) is 0 Å². The van der Waals surface area contributed by atoms with Gasteiger partial charge in [0.05, 0.1) is 21.9 Å². The lowest BCUT2D eigenvalue weighted by molar-refractivity contribution is -0.0651. The Labute approximate surface area is 88.4 Å². The summed E-state index contributed by atoms with van der Waals surface area (Å²) in [6.07, 6.45) is -0.473. The van der Waals surface area contributed by atoms with Crippen LogP contribution in [0.25, 0.3) is 0 Å². The van der Waals surface area contributed by atoms with Gasteiger partial charge < -0.3 is 14.6 Å². The first-order chi connectivity index (χ1) is 6.29. The third-order valence-corrected chi connectivity index (χ3v) is 3.42. The third kappa shape index (κ3) is 2.11. The van der Waals surface area contributed by atoms with E-state index in [0.29, 0.717) is 6.61 Å². The van der Waals surface area contributed by atoms with Gasteiger partial charge in [-0.1, -0.05) is 0 Å². The molecule has 1 aliphatic heterocycles. The van der Waals surface area contributed by atoms with Gasteiger partial charge in [-0.05, 0) is 28.1 Å². The van der Waals surface area contributed by atoms with Crippen molar-refractivity contribution in [2.45, 2.75) is 12.4 Å². The lowest BCUT2D eigenvalue weighted by Crippen LogP contribution is -2.14. The Kier molecular flexibility index (Phi) is 3.00. The second kappa shape index (κ2) is 4.06. The average Bonchev–Trinajstić information content (AvgIpc) is 2.71. The van der Waals surface area contributed by atoms with Gasteiger partial charge >= 0.3 is 0 Å². The molecule has 1 fully saturated rings. The number of aliphatic hydroxyl groups excluding tert-OH is 1. The van der Waals surface area contributed by atoms with Crippen molar-refractivity contribution in [3.05, 3.63) is 20.8 Å². The maximum atomic E-state index is 8.83. The van der Waals surface area contributed by atoms with Gasteiger partial charge in [0.1, 0.15) is 6.10 Å². The summed E-state index contributed by atoms with van der Waals surface area (Å²) in [5, 5.41) is 8.83. The van der Waals surface area contributed by atoms with Crippen LogP contribution in [0.1, 0.15) is 11.2 Å². The first-order valence-electron chi connectivity index (χ1n) is 3.93. The van der Waals surface area contributed by atoms with Crippen LogP contribution in [0.3, 0.4) is 0 Å². The smallest absolute Gasteiger partial charge is 0.193 e. The van der Waals surface area contributed by atoms with Crippen LogP contribution < -0.4 is 0 Å². The predicted octanol–water partition coefficient (Wildman–Crippen LogP) is 1.92. The van der Waals surface area contributed by atoms with Gasteiger partial charge in [-0.3, -0.25) is 0 Å². The molecule has 1 aromatic rings. The van der Waals surface area contributed by atoms with E-state index in [0.717, 1.165) is 8.66 Å². The second-order valence-corrected chi connectivity index (χ2v) is 5.24. The topological polar surface area (TPSA) is 38.7 Å². The summed E-state index contributed by atoms with van der Waals surface area (Å²) in [5.41, 5.74) is 0. The summed E-state index contributed by atoms with van der Waals surface area (Å²) in [5.74, 6) is 0. The van der Waals surface area contributed by atoms with E-state index in [-0.39, 0.29) is 19.0 Å². The van der Waals surface area contributed by atoms with Crippen LogP contribution >= 0.6 is 27.3 Å². The molecule has 1 N–H and O–H groups in total. The van der Waals surface area contributed by atoms with Crippen LogP contribution in [-0.4, -0.2) is 24.4 Å². The summed E-state index contributed by atoms with van der Waals surface area (Å²) in [6, 6.07) is 3.91. The lowest BCUT2D eigenvalue weighted by atomic mass is 10.4. The van der Waals surface area contributed by atoms with Crippen molar-refractivity contribution in [2.24, 2.45) is 0 Å². The minimum atomic E-state index is -0.298. The van der Waals surface area contributed by atoms with Crippen molar-refractivity contribution < 1.29 is 14.6 Å². The van der Waals surface area contributed by atoms with Crippen molar-refractivity contribution in [1.29, 1.82) is 0 Å². The first-order valence-corrected chi connectivity index (χ1v) is 5.53. The highest BCUT2D eigenvalue weighted by Gasteiger charge is 2.27. The molecule has 0 saturated carbocycles. The number of thiophene rings is 1. The Hall–Kier alpha value is 0.0600. The average molecular weight is 265 g/mol. The molecule has 0 spiro atoms. The molecule has 0 radical (unpaired) electrons. The van der Waals surface area contributed by atoms with Crippen molar-refractivity contribution >= 4 is 27.3 Å². The Morgan fingerprint density at radius 2 is 2.46 bits per heavy atom. The highest BCUT2D eigenvalue weighted by atomic mass is 79.9. The van der Waals surface area contributed by atoms with Crippen LogP contribution in [-0.2, 0) is 9.47 Å². The van der Waals surface area contributed by atoms with E-state index in [4.69, 9.17) is 14.6 Å². The standard InChI is InChI=1S/C8H9BrO3S/c9-7-2-1-6(13-7)8-11-4-5(3-10)12-8/h1-2,5,8,10H,3-4H2. The SMILES string of the molecule is OCC1COC(c2ccc(Br)s2)O1. The zero-order chi connectivity index (χ0) is 9.26. The van der Waals surface area contributed by atoms with Gasteiger partial charge in [-0.2, -0.15) is 0 Å². The van der Waals surface area contributed by atoms with E-state index in [1.54, 1.807) is 11.3 Å². The Bertz CT molecular complexity index is 289. The maximum Gasteiger partial charge on any atom is 0.193 e. The van der Waals surface area contributed by atoms with Crippen molar-refractivity contribution in [3.63, 3.8) is 0 Å². The Balaban J connectivity index is 2.03. The molecule has 0 aliphatic carbocycles. The lowest BCUT2D eigenvalue weighted by Gasteiger charge is -2.06. The number of halogens is 1. The number of aliphatic hydroxyl groups is 1. The highest BCUT2D eigenvalue weighted by Crippen LogP contribution is 2.33. The quantitative estimate of drug-likeness (QED) is 0.887. The van der Waals surface area contributed by atoms with Crippen molar-refractivity contribution in [2.75, 3.05) is 13.2 Å². The van der Waals surface area contributed by atoms with Gasteiger partial charge in [0, 0.05) is 0 Å². The monoisotopic (exact) mass is 264 g/mol. The van der Waals surface area contributed by atoms with E-state index in [9.17, 15) is 0 Å². The number of rotatable bonds is 2. The van der Waals surface area contributed by atoms with Crippen LogP contribution in [0.2, 0.25) is 0 Å². The first kappa shape index (κ1) is 9.61. The fourth-order valence-electron chi connectivity index (χ4n) is 1.15. The number of hydrogen-bond donors (Lipinski definition) is 1. The van der Waals surface area contributed by atoms with Crippen molar-refractivity contribution in [3.8, 4) is 0 Å². The van der Waals surface area contributed by atoms with E-state index in [1.807, 2.05) is 12.1 Å². The van der Waals surface area contributed by atoms with Crippen LogP contribution in [0, 0.1) is 0 Å². The van der Waals surface area contributed by atoms with Gasteiger partial charge in [0.25, 0.3) is 0 Å². The normalized spacial score (nSPS) is 28.2. The summed E-state index contributed by atoms with van der Waals surface area (Å²) in [4.78, 5) is 1.03. The molecule has 1 saturated heterocycles. The molecule has 2 unspecified atom stereocenters. The maximum absolute atomic E-state index is 8.83. The molecular weight excluding hydrogens is 256 g/mol. The minimum Gasteiger partial charge on any atom is -0.394 e. The largest absolute Gasteiger partial charge is 0.394 e. The van der Waals surface area contributed by atoms with E-state index < -0.39 is 0 Å². The molecule has 0 amide bonds. The van der Waals surface area contributed by atoms with E-state index in [1.165, 1.54) is 0 Å². The molecule has 2 atom stereocenters. The fourth-order valence-corrected chi connectivity index (χ4v) is 2.56. The van der Waals surface area contributed by atoms with Crippen LogP contribution in [0.15, 0.2) is 15.9 Å². The fraction of sp³-hybridized carbons (Fsp3) is 0.500. The van der Waals surface area contributed by atoms with Gasteiger partial charge in [0.2, 0.25) is 0 Å². The zero-order valence-electron chi connectivity index (χ0n) is 6.77. The molecule has 0 bridgehead atoms. The van der Waals surface area contributed by atoms with Crippen LogP contribution in [0.4, 0.5) is 0 Å². The third-order valence-electron chi connectivity index (χ3n) is 1.78. The summed E-state index contributed by atoms with van der Waals surface area (Å²) < 4.78 is 11.8. The summed E-state index contributed by atoms with van der Waals surface area (Å²) in [7, 11) is 0. The molecule has 3 nitrogen and oxygen atoms in total. The number of ether oxygens (including phenoxy) is 2. The molecule has 1 aromatic heterocycles. The molecule has 2 rings (SSSR count). The molecule has 0 aromatic carbocycles.